The first-order valence-corrected chi connectivity index (χ1v) is 8.19. The van der Waals surface area contributed by atoms with Gasteiger partial charge in [0.1, 0.15) is 5.60 Å². The molecule has 136 valence electrons. The fraction of sp³-hybridized carbons (Fsp3) is 0.875. The van der Waals surface area contributed by atoms with Gasteiger partial charge in [0.15, 0.2) is 5.96 Å². The summed E-state index contributed by atoms with van der Waals surface area (Å²) in [7, 11) is 3.49. The highest BCUT2D eigenvalue weighted by atomic mass is 16.6. The molecule has 0 aromatic carbocycles. The third-order valence-corrected chi connectivity index (χ3v) is 3.16. The van der Waals surface area contributed by atoms with Gasteiger partial charge < -0.3 is 25.0 Å². The van der Waals surface area contributed by atoms with Crippen molar-refractivity contribution >= 4 is 12.1 Å². The Morgan fingerprint density at radius 3 is 2.39 bits per heavy atom. The van der Waals surface area contributed by atoms with Gasteiger partial charge in [-0.15, -0.1) is 0 Å². The number of carbonyl (C=O) groups excluding carboxylic acids is 1. The minimum Gasteiger partial charge on any atom is -0.444 e. The molecule has 0 spiro atoms. The first-order valence-electron chi connectivity index (χ1n) is 8.19. The van der Waals surface area contributed by atoms with Crippen LogP contribution in [0.25, 0.3) is 0 Å². The van der Waals surface area contributed by atoms with Crippen molar-refractivity contribution in [2.24, 2.45) is 4.99 Å². The fourth-order valence-electron chi connectivity index (χ4n) is 1.71. The van der Waals surface area contributed by atoms with E-state index in [2.05, 4.69) is 15.6 Å². The number of amides is 1. The number of hydrogen-bond donors (Lipinski definition) is 2. The van der Waals surface area contributed by atoms with Gasteiger partial charge >= 0.3 is 6.09 Å². The standard InChI is InChI=1S/C16H34N4O3/c1-8-22-12-11-19-14(17-6)18-10-9-13(2)20(7)15(21)23-16(3,4)5/h13H,8-12H2,1-7H3,(H2,17,18,19). The van der Waals surface area contributed by atoms with Gasteiger partial charge in [-0.05, 0) is 41.0 Å². The van der Waals surface area contributed by atoms with E-state index in [4.69, 9.17) is 9.47 Å². The number of rotatable bonds is 8. The van der Waals surface area contributed by atoms with Gasteiger partial charge in [-0.1, -0.05) is 0 Å². The van der Waals surface area contributed by atoms with Crippen LogP contribution in [-0.4, -0.2) is 69.0 Å². The summed E-state index contributed by atoms with van der Waals surface area (Å²) < 4.78 is 10.6. The van der Waals surface area contributed by atoms with Gasteiger partial charge in [-0.25, -0.2) is 4.79 Å². The van der Waals surface area contributed by atoms with E-state index in [1.807, 2.05) is 34.6 Å². The molecule has 0 fully saturated rings. The molecule has 0 aromatic rings. The Morgan fingerprint density at radius 2 is 1.87 bits per heavy atom. The smallest absolute Gasteiger partial charge is 0.410 e. The van der Waals surface area contributed by atoms with Crippen LogP contribution in [-0.2, 0) is 9.47 Å². The SMILES string of the molecule is CCOCCNC(=NC)NCCC(C)N(C)C(=O)OC(C)(C)C. The number of ether oxygens (including phenoxy) is 2. The summed E-state index contributed by atoms with van der Waals surface area (Å²) in [5.74, 6) is 0.733. The van der Waals surface area contributed by atoms with Crippen LogP contribution in [0, 0.1) is 0 Å². The Labute approximate surface area is 140 Å². The summed E-state index contributed by atoms with van der Waals surface area (Å²) in [6.07, 6.45) is 0.492. The minimum atomic E-state index is -0.476. The monoisotopic (exact) mass is 330 g/mol. The Morgan fingerprint density at radius 1 is 1.26 bits per heavy atom. The van der Waals surface area contributed by atoms with Crippen LogP contribution < -0.4 is 10.6 Å². The molecule has 0 saturated carbocycles. The minimum absolute atomic E-state index is 0.0684. The molecule has 0 aromatic heterocycles. The van der Waals surface area contributed by atoms with E-state index in [1.54, 1.807) is 19.0 Å². The molecule has 1 amide bonds. The van der Waals surface area contributed by atoms with Crippen LogP contribution in [0.1, 0.15) is 41.0 Å². The summed E-state index contributed by atoms with van der Waals surface area (Å²) in [6, 6.07) is 0.0684. The van der Waals surface area contributed by atoms with Crippen molar-refractivity contribution in [3.8, 4) is 0 Å². The van der Waals surface area contributed by atoms with E-state index in [1.165, 1.54) is 0 Å². The second-order valence-electron chi connectivity index (χ2n) is 6.35. The molecular formula is C16H34N4O3. The molecule has 0 radical (unpaired) electrons. The number of nitrogens with one attached hydrogen (secondary N) is 2. The molecule has 1 unspecified atom stereocenters. The summed E-state index contributed by atoms with van der Waals surface area (Å²) in [4.78, 5) is 17.8. The first-order chi connectivity index (χ1) is 10.7. The Hall–Kier alpha value is -1.50. The molecule has 0 rings (SSSR count). The van der Waals surface area contributed by atoms with Crippen molar-refractivity contribution in [1.82, 2.24) is 15.5 Å². The number of aliphatic imine (C=N–C) groups is 1. The molecule has 0 bridgehead atoms. The highest BCUT2D eigenvalue weighted by Gasteiger charge is 2.22. The highest BCUT2D eigenvalue weighted by Crippen LogP contribution is 2.11. The summed E-state index contributed by atoms with van der Waals surface area (Å²) in [6.45, 7) is 12.3. The summed E-state index contributed by atoms with van der Waals surface area (Å²) in [5, 5.41) is 6.39. The zero-order chi connectivity index (χ0) is 17.9. The summed E-state index contributed by atoms with van der Waals surface area (Å²) >= 11 is 0. The fourth-order valence-corrected chi connectivity index (χ4v) is 1.71. The van der Waals surface area contributed by atoms with Crippen molar-refractivity contribution in [2.45, 2.75) is 52.7 Å². The number of hydrogen-bond acceptors (Lipinski definition) is 4. The molecule has 0 aliphatic carbocycles. The van der Waals surface area contributed by atoms with Crippen molar-refractivity contribution in [3.05, 3.63) is 0 Å². The lowest BCUT2D eigenvalue weighted by Crippen LogP contribution is -2.43. The molecule has 0 heterocycles. The van der Waals surface area contributed by atoms with Crippen LogP contribution in [0.5, 0.6) is 0 Å². The third-order valence-electron chi connectivity index (χ3n) is 3.16. The molecule has 2 N–H and O–H groups in total. The van der Waals surface area contributed by atoms with Crippen LogP contribution in [0.4, 0.5) is 4.79 Å². The van der Waals surface area contributed by atoms with Crippen molar-refractivity contribution in [3.63, 3.8) is 0 Å². The van der Waals surface area contributed by atoms with Gasteiger partial charge in [-0.2, -0.15) is 0 Å². The van der Waals surface area contributed by atoms with Crippen LogP contribution in [0.2, 0.25) is 0 Å². The van der Waals surface area contributed by atoms with E-state index in [0.717, 1.165) is 12.4 Å². The van der Waals surface area contributed by atoms with Gasteiger partial charge in [0.25, 0.3) is 0 Å². The molecule has 0 aliphatic rings. The third kappa shape index (κ3) is 10.8. The van der Waals surface area contributed by atoms with Gasteiger partial charge in [0.05, 0.1) is 6.61 Å². The van der Waals surface area contributed by atoms with E-state index in [0.29, 0.717) is 26.3 Å². The quantitative estimate of drug-likeness (QED) is 0.403. The zero-order valence-electron chi connectivity index (χ0n) is 15.7. The number of carbonyl (C=O) groups is 1. The van der Waals surface area contributed by atoms with Crippen LogP contribution in [0.3, 0.4) is 0 Å². The second kappa shape index (κ2) is 11.1. The van der Waals surface area contributed by atoms with Crippen LogP contribution >= 0.6 is 0 Å². The van der Waals surface area contributed by atoms with Gasteiger partial charge in [0.2, 0.25) is 0 Å². The molecule has 0 saturated heterocycles. The lowest BCUT2D eigenvalue weighted by Gasteiger charge is -2.28. The van der Waals surface area contributed by atoms with E-state index in [-0.39, 0.29) is 12.1 Å². The van der Waals surface area contributed by atoms with E-state index < -0.39 is 5.60 Å². The molecule has 1 atom stereocenters. The topological polar surface area (TPSA) is 75.2 Å². The van der Waals surface area contributed by atoms with Crippen molar-refractivity contribution < 1.29 is 14.3 Å². The number of guanidine groups is 1. The maximum atomic E-state index is 12.0. The molecule has 0 aliphatic heterocycles. The average Bonchev–Trinajstić information content (AvgIpc) is 2.46. The predicted octanol–water partition coefficient (Wildman–Crippen LogP) is 1.83. The largest absolute Gasteiger partial charge is 0.444 e. The lowest BCUT2D eigenvalue weighted by atomic mass is 10.2. The summed E-state index contributed by atoms with van der Waals surface area (Å²) in [5.41, 5.74) is -0.476. The molecule has 7 heteroatoms. The molecule has 7 nitrogen and oxygen atoms in total. The van der Waals surface area contributed by atoms with E-state index in [9.17, 15) is 4.79 Å². The van der Waals surface area contributed by atoms with E-state index >= 15 is 0 Å². The lowest BCUT2D eigenvalue weighted by molar-refractivity contribution is 0.0230. The highest BCUT2D eigenvalue weighted by molar-refractivity contribution is 5.79. The Bertz CT molecular complexity index is 367. The first kappa shape index (κ1) is 21.5. The van der Waals surface area contributed by atoms with Crippen LogP contribution in [0.15, 0.2) is 4.99 Å². The van der Waals surface area contributed by atoms with Gasteiger partial charge in [0, 0.05) is 39.8 Å². The Kier molecular flexibility index (Phi) is 10.4. The second-order valence-corrected chi connectivity index (χ2v) is 6.35. The normalized spacial score (nSPS) is 13.4. The van der Waals surface area contributed by atoms with Gasteiger partial charge in [-0.3, -0.25) is 4.99 Å². The predicted molar refractivity (Wildman–Crippen MR) is 93.9 cm³/mol. The maximum absolute atomic E-state index is 12.0. The van der Waals surface area contributed by atoms with Crippen molar-refractivity contribution in [2.75, 3.05) is 40.4 Å². The Balaban J connectivity index is 4.07. The average molecular weight is 330 g/mol. The maximum Gasteiger partial charge on any atom is 0.410 e. The van der Waals surface area contributed by atoms with Crippen molar-refractivity contribution in [1.29, 1.82) is 0 Å². The number of nitrogens with zero attached hydrogens (tertiary/aromatic N) is 2. The molecular weight excluding hydrogens is 296 g/mol. The molecule has 23 heavy (non-hydrogen) atoms. The zero-order valence-corrected chi connectivity index (χ0v) is 15.7.